The van der Waals surface area contributed by atoms with Crippen molar-refractivity contribution in [2.75, 3.05) is 0 Å². The van der Waals surface area contributed by atoms with Crippen molar-refractivity contribution in [2.24, 2.45) is 29.6 Å². The standard InChI is InChI=1S/C21H25F2NO2.C21H19F2NO2/c2*1-13-2-4-14(5-3-13)15-6-8-16(9-7-15)21(25)26-17-10-19(22)18(12-24)20(23)11-17/h10-11,13-16H,2-9H2,1H3;6-11,13-14H,2-5H2,1H3. The summed E-state index contributed by atoms with van der Waals surface area (Å²) in [4.78, 5) is 24.5. The highest BCUT2D eigenvalue weighted by atomic mass is 19.1. The topological polar surface area (TPSA) is 100 Å². The third kappa shape index (κ3) is 9.79. The van der Waals surface area contributed by atoms with Crippen LogP contribution in [-0.2, 0) is 4.79 Å². The summed E-state index contributed by atoms with van der Waals surface area (Å²) >= 11 is 0. The van der Waals surface area contributed by atoms with Gasteiger partial charge in [-0.15, -0.1) is 0 Å². The maximum atomic E-state index is 13.6. The molecule has 0 unspecified atom stereocenters. The van der Waals surface area contributed by atoms with Gasteiger partial charge in [0.2, 0.25) is 0 Å². The zero-order chi connectivity index (χ0) is 37.4. The van der Waals surface area contributed by atoms with Crippen LogP contribution in [-0.4, -0.2) is 11.9 Å². The fourth-order valence-corrected chi connectivity index (χ4v) is 7.87. The molecule has 0 saturated heterocycles. The Labute approximate surface area is 302 Å². The summed E-state index contributed by atoms with van der Waals surface area (Å²) in [6, 6.07) is 13.5. The van der Waals surface area contributed by atoms with E-state index in [0.717, 1.165) is 80.5 Å². The number of hydrogen-bond acceptors (Lipinski definition) is 6. The monoisotopic (exact) mass is 716 g/mol. The van der Waals surface area contributed by atoms with Gasteiger partial charge in [0.15, 0.2) is 0 Å². The van der Waals surface area contributed by atoms with Gasteiger partial charge >= 0.3 is 11.9 Å². The van der Waals surface area contributed by atoms with E-state index in [1.54, 1.807) is 12.1 Å². The summed E-state index contributed by atoms with van der Waals surface area (Å²) in [6.45, 7) is 4.59. The predicted octanol–water partition coefficient (Wildman–Crippen LogP) is 10.7. The molecule has 274 valence electrons. The number of nitrogens with zero attached hydrogens (tertiary/aromatic N) is 2. The van der Waals surface area contributed by atoms with Crippen LogP contribution in [0.1, 0.15) is 124 Å². The highest BCUT2D eigenvalue weighted by Gasteiger charge is 2.33. The van der Waals surface area contributed by atoms with Crippen molar-refractivity contribution in [3.63, 3.8) is 0 Å². The number of carbonyl (C=O) groups is 2. The Morgan fingerprint density at radius 3 is 1.44 bits per heavy atom. The van der Waals surface area contributed by atoms with Gasteiger partial charge in [0.05, 0.1) is 11.5 Å². The molecule has 0 amide bonds. The predicted molar refractivity (Wildman–Crippen MR) is 186 cm³/mol. The molecule has 10 heteroatoms. The molecule has 3 saturated carbocycles. The van der Waals surface area contributed by atoms with Crippen molar-refractivity contribution in [3.05, 3.63) is 94.1 Å². The maximum Gasteiger partial charge on any atom is 0.343 e. The molecule has 0 aliphatic heterocycles. The smallest absolute Gasteiger partial charge is 0.343 e. The van der Waals surface area contributed by atoms with Crippen LogP contribution in [0.25, 0.3) is 0 Å². The Bertz CT molecular complexity index is 1760. The van der Waals surface area contributed by atoms with E-state index in [1.165, 1.54) is 56.2 Å². The molecule has 0 aromatic heterocycles. The minimum absolute atomic E-state index is 0.174. The lowest BCUT2D eigenvalue weighted by Crippen LogP contribution is -2.29. The molecule has 0 spiro atoms. The van der Waals surface area contributed by atoms with Crippen LogP contribution in [0.4, 0.5) is 17.6 Å². The number of halogens is 4. The van der Waals surface area contributed by atoms with E-state index in [1.807, 2.05) is 12.1 Å². The Kier molecular flexibility index (Phi) is 13.1. The van der Waals surface area contributed by atoms with Crippen molar-refractivity contribution in [3.8, 4) is 23.6 Å². The second-order valence-electron chi connectivity index (χ2n) is 14.8. The van der Waals surface area contributed by atoms with Crippen LogP contribution in [0.2, 0.25) is 0 Å². The molecular formula is C42H44F4N2O4. The number of hydrogen-bond donors (Lipinski definition) is 0. The molecule has 0 radical (unpaired) electrons. The first-order valence-electron chi connectivity index (χ1n) is 18.3. The first-order chi connectivity index (χ1) is 24.9. The lowest BCUT2D eigenvalue weighted by molar-refractivity contribution is -0.140. The second-order valence-corrected chi connectivity index (χ2v) is 14.8. The maximum absolute atomic E-state index is 13.6. The fourth-order valence-electron chi connectivity index (χ4n) is 7.87. The number of carbonyl (C=O) groups excluding carboxylic acids is 2. The highest BCUT2D eigenvalue weighted by Crippen LogP contribution is 2.42. The first kappa shape index (κ1) is 38.5. The molecule has 0 bridgehead atoms. The first-order valence-corrected chi connectivity index (χ1v) is 18.3. The molecule has 3 aliphatic carbocycles. The lowest BCUT2D eigenvalue weighted by Gasteiger charge is -2.36. The van der Waals surface area contributed by atoms with E-state index in [9.17, 15) is 27.2 Å². The Hall–Kier alpha value is -4.70. The van der Waals surface area contributed by atoms with E-state index >= 15 is 0 Å². The van der Waals surface area contributed by atoms with Gasteiger partial charge in [-0.2, -0.15) is 10.5 Å². The molecule has 0 N–H and O–H groups in total. The number of nitriles is 2. The quantitative estimate of drug-likeness (QED) is 0.143. The molecule has 0 atom stereocenters. The van der Waals surface area contributed by atoms with Gasteiger partial charge in [-0.3, -0.25) is 4.79 Å². The Morgan fingerprint density at radius 2 is 1.00 bits per heavy atom. The number of ether oxygens (including phenoxy) is 2. The molecule has 3 aromatic rings. The van der Waals surface area contributed by atoms with E-state index in [2.05, 4.69) is 13.8 Å². The van der Waals surface area contributed by atoms with Crippen LogP contribution in [0.15, 0.2) is 48.5 Å². The molecule has 3 aliphatic rings. The van der Waals surface area contributed by atoms with Crippen LogP contribution < -0.4 is 9.47 Å². The third-order valence-electron chi connectivity index (χ3n) is 11.1. The summed E-state index contributed by atoms with van der Waals surface area (Å²) in [6.07, 6.45) is 13.5. The Morgan fingerprint density at radius 1 is 0.596 bits per heavy atom. The lowest BCUT2D eigenvalue weighted by atomic mass is 9.69. The molecular weight excluding hydrogens is 672 g/mol. The summed E-state index contributed by atoms with van der Waals surface area (Å²) in [5.74, 6) is -2.32. The van der Waals surface area contributed by atoms with Crippen molar-refractivity contribution < 1.29 is 36.6 Å². The van der Waals surface area contributed by atoms with E-state index < -0.39 is 46.3 Å². The summed E-state index contributed by atoms with van der Waals surface area (Å²) in [5, 5.41) is 17.3. The van der Waals surface area contributed by atoms with E-state index in [0.29, 0.717) is 17.4 Å². The van der Waals surface area contributed by atoms with Crippen molar-refractivity contribution in [1.29, 1.82) is 10.5 Å². The molecule has 3 aromatic carbocycles. The second kappa shape index (κ2) is 17.7. The van der Waals surface area contributed by atoms with Crippen LogP contribution >= 0.6 is 0 Å². The summed E-state index contributed by atoms with van der Waals surface area (Å²) in [5.41, 5.74) is 0.148. The van der Waals surface area contributed by atoms with Gasteiger partial charge in [-0.05, 0) is 98.7 Å². The number of rotatable bonds is 6. The van der Waals surface area contributed by atoms with Gasteiger partial charge in [0.25, 0.3) is 0 Å². The molecule has 6 nitrogen and oxygen atoms in total. The van der Waals surface area contributed by atoms with E-state index in [4.69, 9.17) is 20.0 Å². The normalized spacial score (nSPS) is 24.3. The molecule has 52 heavy (non-hydrogen) atoms. The van der Waals surface area contributed by atoms with Crippen molar-refractivity contribution in [1.82, 2.24) is 0 Å². The van der Waals surface area contributed by atoms with Crippen molar-refractivity contribution >= 4 is 11.9 Å². The SMILES string of the molecule is CC1CCC(C2CCC(C(=O)Oc3cc(F)c(C#N)c(F)c3)CC2)CC1.CC1CCC(c2ccc(C(=O)Oc3cc(F)c(C#N)c(F)c3)cc2)CC1. The van der Waals surface area contributed by atoms with Gasteiger partial charge in [0.1, 0.15) is 58.0 Å². The summed E-state index contributed by atoms with van der Waals surface area (Å²) < 4.78 is 64.7. The van der Waals surface area contributed by atoms with Gasteiger partial charge in [0, 0.05) is 24.3 Å². The van der Waals surface area contributed by atoms with E-state index in [-0.39, 0.29) is 17.4 Å². The van der Waals surface area contributed by atoms with Gasteiger partial charge < -0.3 is 9.47 Å². The highest BCUT2D eigenvalue weighted by molar-refractivity contribution is 5.91. The van der Waals surface area contributed by atoms with Gasteiger partial charge in [-0.25, -0.2) is 22.4 Å². The van der Waals surface area contributed by atoms with Crippen LogP contribution in [0.5, 0.6) is 11.5 Å². The number of esters is 2. The zero-order valence-corrected chi connectivity index (χ0v) is 29.6. The minimum atomic E-state index is -1.06. The average Bonchev–Trinajstić information content (AvgIpc) is 3.12. The van der Waals surface area contributed by atoms with Crippen LogP contribution in [0, 0.1) is 75.5 Å². The van der Waals surface area contributed by atoms with Crippen molar-refractivity contribution in [2.45, 2.75) is 96.8 Å². The Balaban J connectivity index is 0.000000201. The number of benzene rings is 3. The average molecular weight is 717 g/mol. The minimum Gasteiger partial charge on any atom is -0.426 e. The fraction of sp³-hybridized carbons (Fsp3) is 0.476. The molecule has 0 heterocycles. The van der Waals surface area contributed by atoms with Crippen LogP contribution in [0.3, 0.4) is 0 Å². The van der Waals surface area contributed by atoms with Gasteiger partial charge in [-0.1, -0.05) is 51.7 Å². The third-order valence-corrected chi connectivity index (χ3v) is 11.1. The zero-order valence-electron chi connectivity index (χ0n) is 29.6. The molecule has 6 rings (SSSR count). The largest absolute Gasteiger partial charge is 0.426 e. The molecule has 3 fully saturated rings. The summed E-state index contributed by atoms with van der Waals surface area (Å²) in [7, 11) is 0.